The van der Waals surface area contributed by atoms with Gasteiger partial charge in [-0.1, -0.05) is 25.1 Å². The summed E-state index contributed by atoms with van der Waals surface area (Å²) in [6.45, 7) is 6.65. The summed E-state index contributed by atoms with van der Waals surface area (Å²) in [6.07, 6.45) is 0. The topological polar surface area (TPSA) is 12.0 Å². The van der Waals surface area contributed by atoms with E-state index in [0.717, 1.165) is 11.1 Å². The van der Waals surface area contributed by atoms with E-state index in [9.17, 15) is 8.78 Å². The molecule has 0 fully saturated rings. The van der Waals surface area contributed by atoms with Crippen LogP contribution in [-0.2, 0) is 0 Å². The van der Waals surface area contributed by atoms with E-state index in [1.165, 1.54) is 17.7 Å². The Hall–Kier alpha value is -1.26. The molecule has 0 aliphatic rings. The van der Waals surface area contributed by atoms with Crippen LogP contribution in [0.3, 0.4) is 0 Å². The highest BCUT2D eigenvalue weighted by Crippen LogP contribution is 2.29. The van der Waals surface area contributed by atoms with Crippen LogP contribution >= 0.6 is 15.9 Å². The van der Waals surface area contributed by atoms with Gasteiger partial charge in [-0.15, -0.1) is 0 Å². The molecule has 2 aromatic carbocycles. The number of rotatable bonds is 4. The molecular weight excluding hydrogens is 336 g/mol. The maximum absolute atomic E-state index is 14.2. The van der Waals surface area contributed by atoms with Gasteiger partial charge in [-0.3, -0.25) is 0 Å². The van der Waals surface area contributed by atoms with Gasteiger partial charge < -0.3 is 5.32 Å². The van der Waals surface area contributed by atoms with Crippen LogP contribution in [0.15, 0.2) is 34.8 Å². The minimum atomic E-state index is -0.460. The predicted molar refractivity (Wildman–Crippen MR) is 85.5 cm³/mol. The number of nitrogens with one attached hydrogen (secondary N) is 1. The summed E-state index contributed by atoms with van der Waals surface area (Å²) in [6, 6.07) is 8.04. The fourth-order valence-electron chi connectivity index (χ4n) is 2.31. The average Bonchev–Trinajstić information content (AvgIpc) is 2.44. The van der Waals surface area contributed by atoms with Gasteiger partial charge in [0.2, 0.25) is 0 Å². The molecule has 0 bridgehead atoms. The van der Waals surface area contributed by atoms with E-state index in [1.807, 2.05) is 39.0 Å². The molecule has 0 saturated carbocycles. The van der Waals surface area contributed by atoms with Crippen molar-refractivity contribution in [3.8, 4) is 0 Å². The lowest BCUT2D eigenvalue weighted by Gasteiger charge is -2.21. The van der Waals surface area contributed by atoms with Crippen LogP contribution in [-0.4, -0.2) is 6.54 Å². The van der Waals surface area contributed by atoms with Gasteiger partial charge in [0.1, 0.15) is 11.6 Å². The van der Waals surface area contributed by atoms with Gasteiger partial charge in [0.15, 0.2) is 0 Å². The van der Waals surface area contributed by atoms with E-state index in [4.69, 9.17) is 0 Å². The van der Waals surface area contributed by atoms with Gasteiger partial charge in [-0.25, -0.2) is 8.78 Å². The van der Waals surface area contributed by atoms with Gasteiger partial charge in [-0.2, -0.15) is 0 Å². The fourth-order valence-corrected chi connectivity index (χ4v) is 2.63. The van der Waals surface area contributed by atoms with E-state index in [0.29, 0.717) is 12.1 Å². The minimum absolute atomic E-state index is 0.138. The van der Waals surface area contributed by atoms with E-state index < -0.39 is 11.6 Å². The fraction of sp³-hybridized carbons (Fsp3) is 0.294. The Morgan fingerprint density at radius 2 is 1.76 bits per heavy atom. The molecule has 0 aliphatic heterocycles. The third-order valence-electron chi connectivity index (χ3n) is 3.62. The molecule has 21 heavy (non-hydrogen) atoms. The van der Waals surface area contributed by atoms with Crippen molar-refractivity contribution in [3.63, 3.8) is 0 Å². The maximum Gasteiger partial charge on any atom is 0.137 e. The van der Waals surface area contributed by atoms with Crippen LogP contribution in [0.25, 0.3) is 0 Å². The van der Waals surface area contributed by atoms with Crippen LogP contribution in [0.4, 0.5) is 8.78 Å². The van der Waals surface area contributed by atoms with Crippen molar-refractivity contribution < 1.29 is 8.78 Å². The van der Waals surface area contributed by atoms with Gasteiger partial charge in [0.25, 0.3) is 0 Å². The number of hydrogen-bond acceptors (Lipinski definition) is 1. The molecule has 4 heteroatoms. The highest BCUT2D eigenvalue weighted by Gasteiger charge is 2.19. The summed E-state index contributed by atoms with van der Waals surface area (Å²) in [7, 11) is 0. The summed E-state index contributed by atoms with van der Waals surface area (Å²) in [5, 5.41) is 3.23. The summed E-state index contributed by atoms with van der Waals surface area (Å²) in [5.41, 5.74) is 3.56. The van der Waals surface area contributed by atoms with Crippen molar-refractivity contribution in [2.24, 2.45) is 0 Å². The number of aryl methyl sites for hydroxylation is 2. The third kappa shape index (κ3) is 3.50. The Balaban J connectivity index is 2.52. The Morgan fingerprint density at radius 1 is 1.05 bits per heavy atom. The molecular formula is C17H18BrF2N. The number of hydrogen-bond donors (Lipinski definition) is 1. The predicted octanol–water partition coefficient (Wildman–Crippen LogP) is 5.04. The second-order valence-corrected chi connectivity index (χ2v) is 5.98. The van der Waals surface area contributed by atoms with Crippen LogP contribution < -0.4 is 5.32 Å². The lowest BCUT2D eigenvalue weighted by Crippen LogP contribution is -2.23. The zero-order chi connectivity index (χ0) is 15.6. The second-order valence-electron chi connectivity index (χ2n) is 5.12. The first kappa shape index (κ1) is 16.1. The van der Waals surface area contributed by atoms with E-state index in [2.05, 4.69) is 21.2 Å². The normalized spacial score (nSPS) is 12.5. The number of benzene rings is 2. The molecule has 1 N–H and O–H groups in total. The lowest BCUT2D eigenvalue weighted by molar-refractivity contribution is 0.542. The van der Waals surface area contributed by atoms with E-state index >= 15 is 0 Å². The lowest BCUT2D eigenvalue weighted by atomic mass is 9.95. The molecule has 112 valence electrons. The molecule has 0 aromatic heterocycles. The average molecular weight is 354 g/mol. The standard InChI is InChI=1S/C17H18BrF2N/c1-4-21-17(12-6-5-10(2)11(3)7-12)13-8-16(20)14(18)9-15(13)19/h5-9,17,21H,4H2,1-3H3. The Bertz CT molecular complexity index is 655. The first-order chi connectivity index (χ1) is 9.93. The molecule has 2 rings (SSSR count). The summed E-state index contributed by atoms with van der Waals surface area (Å²) in [4.78, 5) is 0. The summed E-state index contributed by atoms with van der Waals surface area (Å²) < 4.78 is 28.1. The van der Waals surface area contributed by atoms with Gasteiger partial charge in [-0.05, 0) is 65.1 Å². The van der Waals surface area contributed by atoms with Crippen molar-refractivity contribution in [2.75, 3.05) is 6.54 Å². The van der Waals surface area contributed by atoms with Crippen molar-refractivity contribution in [1.82, 2.24) is 5.32 Å². The maximum atomic E-state index is 14.2. The molecule has 0 saturated heterocycles. The quantitative estimate of drug-likeness (QED) is 0.759. The highest BCUT2D eigenvalue weighted by molar-refractivity contribution is 9.10. The molecule has 0 radical (unpaired) electrons. The van der Waals surface area contributed by atoms with Gasteiger partial charge in [0, 0.05) is 5.56 Å². The molecule has 0 amide bonds. The first-order valence-electron chi connectivity index (χ1n) is 6.89. The Kier molecular flexibility index (Phi) is 5.12. The molecule has 0 heterocycles. The summed E-state index contributed by atoms with van der Waals surface area (Å²) in [5.74, 6) is -0.884. The van der Waals surface area contributed by atoms with E-state index in [1.54, 1.807) is 0 Å². The molecule has 1 unspecified atom stereocenters. The zero-order valence-corrected chi connectivity index (χ0v) is 13.9. The molecule has 1 nitrogen and oxygen atoms in total. The van der Waals surface area contributed by atoms with Crippen molar-refractivity contribution in [1.29, 1.82) is 0 Å². The van der Waals surface area contributed by atoms with Crippen LogP contribution in [0.1, 0.15) is 35.2 Å². The third-order valence-corrected chi connectivity index (χ3v) is 4.23. The monoisotopic (exact) mass is 353 g/mol. The second kappa shape index (κ2) is 6.67. The van der Waals surface area contributed by atoms with Crippen molar-refractivity contribution in [2.45, 2.75) is 26.8 Å². The SMILES string of the molecule is CCNC(c1ccc(C)c(C)c1)c1cc(F)c(Br)cc1F. The van der Waals surface area contributed by atoms with E-state index in [-0.39, 0.29) is 10.5 Å². The van der Waals surface area contributed by atoms with Crippen LogP contribution in [0.2, 0.25) is 0 Å². The van der Waals surface area contributed by atoms with Gasteiger partial charge in [0.05, 0.1) is 10.5 Å². The van der Waals surface area contributed by atoms with Crippen molar-refractivity contribution in [3.05, 3.63) is 68.7 Å². The molecule has 0 spiro atoms. The van der Waals surface area contributed by atoms with Crippen LogP contribution in [0.5, 0.6) is 0 Å². The number of halogens is 3. The first-order valence-corrected chi connectivity index (χ1v) is 7.68. The molecule has 0 aliphatic carbocycles. The van der Waals surface area contributed by atoms with Crippen LogP contribution in [0, 0.1) is 25.5 Å². The Labute approximate surface area is 132 Å². The highest BCUT2D eigenvalue weighted by atomic mass is 79.9. The Morgan fingerprint density at radius 3 is 2.38 bits per heavy atom. The minimum Gasteiger partial charge on any atom is -0.306 e. The van der Waals surface area contributed by atoms with Gasteiger partial charge >= 0.3 is 0 Å². The molecule has 2 aromatic rings. The largest absolute Gasteiger partial charge is 0.306 e. The van der Waals surface area contributed by atoms with Crippen molar-refractivity contribution >= 4 is 15.9 Å². The molecule has 1 atom stereocenters. The smallest absolute Gasteiger partial charge is 0.137 e. The zero-order valence-electron chi connectivity index (χ0n) is 12.3. The summed E-state index contributed by atoms with van der Waals surface area (Å²) >= 11 is 3.01.